The third-order valence-electron chi connectivity index (χ3n) is 2.03. The highest BCUT2D eigenvalue weighted by atomic mass is 32.2. The van der Waals surface area contributed by atoms with Crippen LogP contribution < -0.4 is 0 Å². The Bertz CT molecular complexity index is 411. The maximum Gasteiger partial charge on any atom is 0.180 e. The molecule has 3 nitrogen and oxygen atoms in total. The van der Waals surface area contributed by atoms with E-state index in [9.17, 15) is 12.8 Å². The molecule has 1 rings (SSSR count). The standard InChI is InChI=1S/C10H13FO3S/c1-8(14-2)7-15(12,13)10-5-3-9(11)4-6-10/h3-6,8H,7H2,1-2H3. The lowest BCUT2D eigenvalue weighted by molar-refractivity contribution is 0.136. The van der Waals surface area contributed by atoms with Crippen molar-refractivity contribution in [3.63, 3.8) is 0 Å². The molecular formula is C10H13FO3S. The molecule has 0 aliphatic rings. The van der Waals surface area contributed by atoms with Crippen molar-refractivity contribution in [2.75, 3.05) is 12.9 Å². The third-order valence-corrected chi connectivity index (χ3v) is 3.93. The van der Waals surface area contributed by atoms with Gasteiger partial charge in [0.25, 0.3) is 0 Å². The second kappa shape index (κ2) is 4.72. The minimum atomic E-state index is -3.38. The van der Waals surface area contributed by atoms with Crippen molar-refractivity contribution in [1.29, 1.82) is 0 Å². The molecule has 1 aromatic rings. The van der Waals surface area contributed by atoms with E-state index in [0.29, 0.717) is 0 Å². The molecule has 0 amide bonds. The molecule has 0 fully saturated rings. The maximum atomic E-state index is 12.6. The summed E-state index contributed by atoms with van der Waals surface area (Å²) < 4.78 is 40.9. The predicted octanol–water partition coefficient (Wildman–Crippen LogP) is 1.63. The second-order valence-electron chi connectivity index (χ2n) is 3.28. The van der Waals surface area contributed by atoms with Gasteiger partial charge in [-0.1, -0.05) is 0 Å². The van der Waals surface area contributed by atoms with Crippen molar-refractivity contribution in [3.8, 4) is 0 Å². The number of halogens is 1. The normalized spacial score (nSPS) is 13.8. The van der Waals surface area contributed by atoms with Gasteiger partial charge < -0.3 is 4.74 Å². The van der Waals surface area contributed by atoms with Crippen LogP contribution in [-0.4, -0.2) is 27.4 Å². The van der Waals surface area contributed by atoms with Crippen molar-refractivity contribution >= 4 is 9.84 Å². The zero-order valence-corrected chi connectivity index (χ0v) is 9.42. The average Bonchev–Trinajstić information content (AvgIpc) is 2.17. The summed E-state index contributed by atoms with van der Waals surface area (Å²) >= 11 is 0. The summed E-state index contributed by atoms with van der Waals surface area (Å²) in [6.07, 6.45) is -0.375. The summed E-state index contributed by atoms with van der Waals surface area (Å²) in [6, 6.07) is 4.77. The molecule has 0 radical (unpaired) electrons. The lowest BCUT2D eigenvalue weighted by Gasteiger charge is -2.09. The van der Waals surface area contributed by atoms with Crippen LogP contribution in [0.3, 0.4) is 0 Å². The molecule has 0 saturated carbocycles. The molecule has 5 heteroatoms. The minimum Gasteiger partial charge on any atom is -0.381 e. The van der Waals surface area contributed by atoms with Gasteiger partial charge in [0.15, 0.2) is 9.84 Å². The van der Waals surface area contributed by atoms with Gasteiger partial charge in [-0.05, 0) is 31.2 Å². The van der Waals surface area contributed by atoms with Gasteiger partial charge in [0.2, 0.25) is 0 Å². The van der Waals surface area contributed by atoms with E-state index in [1.165, 1.54) is 19.2 Å². The molecule has 1 atom stereocenters. The van der Waals surface area contributed by atoms with Gasteiger partial charge in [0, 0.05) is 7.11 Å². The summed E-state index contributed by atoms with van der Waals surface area (Å²) in [5, 5.41) is 0. The molecule has 0 aliphatic carbocycles. The van der Waals surface area contributed by atoms with E-state index in [1.807, 2.05) is 0 Å². The first-order chi connectivity index (χ1) is 6.95. The topological polar surface area (TPSA) is 43.4 Å². The van der Waals surface area contributed by atoms with Crippen molar-refractivity contribution in [3.05, 3.63) is 30.1 Å². The number of hydrogen-bond donors (Lipinski definition) is 0. The smallest absolute Gasteiger partial charge is 0.180 e. The number of hydrogen-bond acceptors (Lipinski definition) is 3. The predicted molar refractivity (Wildman–Crippen MR) is 54.9 cm³/mol. The van der Waals surface area contributed by atoms with E-state index < -0.39 is 15.7 Å². The zero-order valence-electron chi connectivity index (χ0n) is 8.60. The monoisotopic (exact) mass is 232 g/mol. The van der Waals surface area contributed by atoms with Crippen molar-refractivity contribution in [1.82, 2.24) is 0 Å². The van der Waals surface area contributed by atoms with E-state index in [0.717, 1.165) is 12.1 Å². The van der Waals surface area contributed by atoms with Crippen LogP contribution in [0.5, 0.6) is 0 Å². The molecule has 0 N–H and O–H groups in total. The zero-order chi connectivity index (χ0) is 11.5. The lowest BCUT2D eigenvalue weighted by atomic mass is 10.4. The molecule has 0 bridgehead atoms. The highest BCUT2D eigenvalue weighted by Gasteiger charge is 2.17. The van der Waals surface area contributed by atoms with Gasteiger partial charge in [0.1, 0.15) is 5.82 Å². The Morgan fingerprint density at radius 1 is 1.33 bits per heavy atom. The molecule has 1 unspecified atom stereocenters. The van der Waals surface area contributed by atoms with Crippen molar-refractivity contribution < 1.29 is 17.5 Å². The first kappa shape index (κ1) is 12.1. The van der Waals surface area contributed by atoms with Crippen LogP contribution in [0.25, 0.3) is 0 Å². The van der Waals surface area contributed by atoms with E-state index >= 15 is 0 Å². The number of ether oxygens (including phenoxy) is 1. The molecular weight excluding hydrogens is 219 g/mol. The Morgan fingerprint density at radius 2 is 1.87 bits per heavy atom. The van der Waals surface area contributed by atoms with E-state index in [4.69, 9.17) is 4.74 Å². The molecule has 0 spiro atoms. The van der Waals surface area contributed by atoms with Crippen LogP contribution in [-0.2, 0) is 14.6 Å². The number of benzene rings is 1. The van der Waals surface area contributed by atoms with Crippen LogP contribution in [0.2, 0.25) is 0 Å². The van der Waals surface area contributed by atoms with Gasteiger partial charge in [-0.15, -0.1) is 0 Å². The van der Waals surface area contributed by atoms with E-state index in [2.05, 4.69) is 0 Å². The van der Waals surface area contributed by atoms with Gasteiger partial charge in [-0.3, -0.25) is 0 Å². The fourth-order valence-corrected chi connectivity index (χ4v) is 2.61. The molecule has 0 aliphatic heterocycles. The van der Waals surface area contributed by atoms with Crippen molar-refractivity contribution in [2.45, 2.75) is 17.9 Å². The highest BCUT2D eigenvalue weighted by Crippen LogP contribution is 2.13. The van der Waals surface area contributed by atoms with Crippen molar-refractivity contribution in [2.24, 2.45) is 0 Å². The highest BCUT2D eigenvalue weighted by molar-refractivity contribution is 7.91. The molecule has 84 valence electrons. The van der Waals surface area contributed by atoms with Crippen LogP contribution in [0.1, 0.15) is 6.92 Å². The van der Waals surface area contributed by atoms with Crippen LogP contribution in [0.4, 0.5) is 4.39 Å². The number of methoxy groups -OCH3 is 1. The van der Waals surface area contributed by atoms with Gasteiger partial charge >= 0.3 is 0 Å². The number of sulfone groups is 1. The molecule has 0 saturated heterocycles. The van der Waals surface area contributed by atoms with Gasteiger partial charge in [-0.2, -0.15) is 0 Å². The lowest BCUT2D eigenvalue weighted by Crippen LogP contribution is -2.19. The largest absolute Gasteiger partial charge is 0.381 e. The fourth-order valence-electron chi connectivity index (χ4n) is 1.12. The second-order valence-corrected chi connectivity index (χ2v) is 5.32. The molecule has 0 aromatic heterocycles. The van der Waals surface area contributed by atoms with E-state index in [1.54, 1.807) is 6.92 Å². The van der Waals surface area contributed by atoms with Crippen LogP contribution in [0, 0.1) is 5.82 Å². The van der Waals surface area contributed by atoms with Crippen LogP contribution >= 0.6 is 0 Å². The Hall–Kier alpha value is -0.940. The Kier molecular flexibility index (Phi) is 3.82. The van der Waals surface area contributed by atoms with E-state index in [-0.39, 0.29) is 16.8 Å². The minimum absolute atomic E-state index is 0.102. The Morgan fingerprint density at radius 3 is 2.33 bits per heavy atom. The summed E-state index contributed by atoms with van der Waals surface area (Å²) in [5.74, 6) is -0.552. The maximum absolute atomic E-state index is 12.6. The average molecular weight is 232 g/mol. The Labute approximate surface area is 88.8 Å². The summed E-state index contributed by atoms with van der Waals surface area (Å²) in [6.45, 7) is 1.67. The number of rotatable bonds is 4. The molecule has 0 heterocycles. The first-order valence-corrected chi connectivity index (χ1v) is 6.12. The summed E-state index contributed by atoms with van der Waals surface area (Å²) in [4.78, 5) is 0.118. The summed E-state index contributed by atoms with van der Waals surface area (Å²) in [7, 11) is -1.93. The van der Waals surface area contributed by atoms with Crippen LogP contribution in [0.15, 0.2) is 29.2 Å². The summed E-state index contributed by atoms with van der Waals surface area (Å²) in [5.41, 5.74) is 0. The molecule has 1 aromatic carbocycles. The van der Waals surface area contributed by atoms with Gasteiger partial charge in [0.05, 0.1) is 16.8 Å². The SMILES string of the molecule is COC(C)CS(=O)(=O)c1ccc(F)cc1. The quantitative estimate of drug-likeness (QED) is 0.741. The molecule has 15 heavy (non-hydrogen) atoms. The Balaban J connectivity index is 2.91. The third kappa shape index (κ3) is 3.28. The fraction of sp³-hybridized carbons (Fsp3) is 0.400. The van der Waals surface area contributed by atoms with Gasteiger partial charge in [-0.25, -0.2) is 12.8 Å². The first-order valence-electron chi connectivity index (χ1n) is 4.47.